The SMILES string of the molecule is CC(C)OC(=O)CN(Cc1ccccc1O)CC1CCCO1. The maximum absolute atomic E-state index is 11.9. The van der Waals surface area contributed by atoms with Gasteiger partial charge < -0.3 is 14.6 Å². The fourth-order valence-electron chi connectivity index (χ4n) is 2.63. The van der Waals surface area contributed by atoms with Crippen molar-refractivity contribution in [3.8, 4) is 5.75 Å². The Morgan fingerprint density at radius 1 is 1.45 bits per heavy atom. The number of phenolic OH excluding ortho intramolecular Hbond substituents is 1. The van der Waals surface area contributed by atoms with Gasteiger partial charge in [0.15, 0.2) is 0 Å². The molecule has 1 atom stereocenters. The van der Waals surface area contributed by atoms with E-state index in [0.29, 0.717) is 13.1 Å². The first kappa shape index (κ1) is 16.8. The summed E-state index contributed by atoms with van der Waals surface area (Å²) < 4.78 is 10.9. The zero-order valence-electron chi connectivity index (χ0n) is 13.3. The normalized spacial score (nSPS) is 18.1. The highest BCUT2D eigenvalue weighted by atomic mass is 16.5. The summed E-state index contributed by atoms with van der Waals surface area (Å²) in [5.41, 5.74) is 0.804. The number of aromatic hydroxyl groups is 1. The smallest absolute Gasteiger partial charge is 0.320 e. The van der Waals surface area contributed by atoms with E-state index in [1.54, 1.807) is 12.1 Å². The second kappa shape index (κ2) is 8.15. The molecule has 1 aromatic carbocycles. The van der Waals surface area contributed by atoms with Crippen LogP contribution >= 0.6 is 0 Å². The molecule has 1 heterocycles. The lowest BCUT2D eigenvalue weighted by molar-refractivity contribution is -0.149. The van der Waals surface area contributed by atoms with E-state index in [-0.39, 0.29) is 30.5 Å². The minimum Gasteiger partial charge on any atom is -0.508 e. The molecule has 1 fully saturated rings. The van der Waals surface area contributed by atoms with E-state index in [9.17, 15) is 9.90 Å². The number of esters is 1. The van der Waals surface area contributed by atoms with Crippen molar-refractivity contribution in [3.05, 3.63) is 29.8 Å². The number of para-hydroxylation sites is 1. The van der Waals surface area contributed by atoms with Crippen molar-refractivity contribution in [3.63, 3.8) is 0 Å². The lowest BCUT2D eigenvalue weighted by Crippen LogP contribution is -2.37. The second-order valence-electron chi connectivity index (χ2n) is 5.97. The zero-order chi connectivity index (χ0) is 15.9. The van der Waals surface area contributed by atoms with Gasteiger partial charge in [0.05, 0.1) is 18.8 Å². The third-order valence-corrected chi connectivity index (χ3v) is 3.59. The summed E-state index contributed by atoms with van der Waals surface area (Å²) in [5.74, 6) is 0.000449. The Balaban J connectivity index is 2.00. The molecule has 5 heteroatoms. The summed E-state index contributed by atoms with van der Waals surface area (Å²) in [4.78, 5) is 13.9. The molecule has 122 valence electrons. The largest absolute Gasteiger partial charge is 0.508 e. The highest BCUT2D eigenvalue weighted by Crippen LogP contribution is 2.20. The van der Waals surface area contributed by atoms with E-state index in [2.05, 4.69) is 0 Å². The van der Waals surface area contributed by atoms with Crippen LogP contribution in [0.2, 0.25) is 0 Å². The molecule has 0 spiro atoms. The summed E-state index contributed by atoms with van der Waals surface area (Å²) in [6.07, 6.45) is 2.10. The van der Waals surface area contributed by atoms with Gasteiger partial charge >= 0.3 is 5.97 Å². The van der Waals surface area contributed by atoms with E-state index in [1.165, 1.54) is 0 Å². The molecule has 0 aliphatic carbocycles. The third kappa shape index (κ3) is 5.31. The Labute approximate surface area is 131 Å². The highest BCUT2D eigenvalue weighted by Gasteiger charge is 2.22. The highest BCUT2D eigenvalue weighted by molar-refractivity contribution is 5.71. The minimum atomic E-state index is -0.247. The number of benzene rings is 1. The lowest BCUT2D eigenvalue weighted by atomic mass is 10.1. The number of ether oxygens (including phenoxy) is 2. The van der Waals surface area contributed by atoms with Gasteiger partial charge in [0.25, 0.3) is 0 Å². The Kier molecular flexibility index (Phi) is 6.21. The van der Waals surface area contributed by atoms with Crippen LogP contribution in [-0.2, 0) is 20.8 Å². The van der Waals surface area contributed by atoms with Crippen LogP contribution in [0.25, 0.3) is 0 Å². The Morgan fingerprint density at radius 2 is 2.23 bits per heavy atom. The van der Waals surface area contributed by atoms with E-state index in [4.69, 9.17) is 9.47 Å². The molecule has 0 amide bonds. The first-order valence-corrected chi connectivity index (χ1v) is 7.85. The van der Waals surface area contributed by atoms with Crippen molar-refractivity contribution in [2.75, 3.05) is 19.7 Å². The van der Waals surface area contributed by atoms with Crippen LogP contribution in [-0.4, -0.2) is 47.9 Å². The summed E-state index contributed by atoms with van der Waals surface area (Å²) in [5, 5.41) is 9.93. The molecule has 0 saturated carbocycles. The molecule has 1 aliphatic heterocycles. The van der Waals surface area contributed by atoms with Gasteiger partial charge in [-0.3, -0.25) is 9.69 Å². The van der Waals surface area contributed by atoms with Crippen molar-refractivity contribution in [2.24, 2.45) is 0 Å². The quantitative estimate of drug-likeness (QED) is 0.784. The van der Waals surface area contributed by atoms with Crippen LogP contribution in [0, 0.1) is 0 Å². The van der Waals surface area contributed by atoms with Gasteiger partial charge in [-0.05, 0) is 32.8 Å². The summed E-state index contributed by atoms with van der Waals surface area (Å²) in [7, 11) is 0. The fourth-order valence-corrected chi connectivity index (χ4v) is 2.63. The van der Waals surface area contributed by atoms with Gasteiger partial charge in [-0.25, -0.2) is 0 Å². The monoisotopic (exact) mass is 307 g/mol. The number of phenols is 1. The number of hydrogen-bond acceptors (Lipinski definition) is 5. The van der Waals surface area contributed by atoms with E-state index < -0.39 is 0 Å². The fraction of sp³-hybridized carbons (Fsp3) is 0.588. The molecule has 1 aliphatic rings. The van der Waals surface area contributed by atoms with Gasteiger partial charge in [0.2, 0.25) is 0 Å². The minimum absolute atomic E-state index is 0.123. The van der Waals surface area contributed by atoms with Crippen molar-refractivity contribution in [1.29, 1.82) is 0 Å². The Bertz CT molecular complexity index is 483. The average molecular weight is 307 g/mol. The maximum Gasteiger partial charge on any atom is 0.320 e. The van der Waals surface area contributed by atoms with E-state index in [0.717, 1.165) is 25.0 Å². The topological polar surface area (TPSA) is 59.0 Å². The first-order chi connectivity index (χ1) is 10.5. The van der Waals surface area contributed by atoms with Crippen LogP contribution in [0.15, 0.2) is 24.3 Å². The molecule has 1 N–H and O–H groups in total. The van der Waals surface area contributed by atoms with Crippen molar-refractivity contribution in [2.45, 2.75) is 45.4 Å². The number of hydrogen-bond donors (Lipinski definition) is 1. The molecular formula is C17H25NO4. The number of carbonyl (C=O) groups is 1. The van der Waals surface area contributed by atoms with Gasteiger partial charge in [0, 0.05) is 25.3 Å². The van der Waals surface area contributed by atoms with Crippen LogP contribution in [0.4, 0.5) is 0 Å². The van der Waals surface area contributed by atoms with Gasteiger partial charge in [-0.2, -0.15) is 0 Å². The number of rotatable bonds is 7. The van der Waals surface area contributed by atoms with Crippen molar-refractivity contribution in [1.82, 2.24) is 4.90 Å². The number of carbonyl (C=O) groups excluding carboxylic acids is 1. The van der Waals surface area contributed by atoms with Gasteiger partial charge in [0.1, 0.15) is 5.75 Å². The lowest BCUT2D eigenvalue weighted by Gasteiger charge is -2.25. The van der Waals surface area contributed by atoms with Crippen molar-refractivity contribution < 1.29 is 19.4 Å². The Hall–Kier alpha value is -1.59. The van der Waals surface area contributed by atoms with E-state index in [1.807, 2.05) is 30.9 Å². The third-order valence-electron chi connectivity index (χ3n) is 3.59. The number of nitrogens with zero attached hydrogens (tertiary/aromatic N) is 1. The standard InChI is InChI=1S/C17H25NO4/c1-13(2)22-17(20)12-18(11-15-7-5-9-21-15)10-14-6-3-4-8-16(14)19/h3-4,6,8,13,15,19H,5,7,9-12H2,1-2H3. The average Bonchev–Trinajstić information content (AvgIpc) is 2.93. The predicted molar refractivity (Wildman–Crippen MR) is 83.6 cm³/mol. The molecule has 1 aromatic rings. The molecular weight excluding hydrogens is 282 g/mol. The summed E-state index contributed by atoms with van der Waals surface area (Å²) in [6.45, 7) is 5.83. The van der Waals surface area contributed by atoms with Crippen molar-refractivity contribution >= 4 is 5.97 Å². The van der Waals surface area contributed by atoms with Crippen LogP contribution < -0.4 is 0 Å². The molecule has 22 heavy (non-hydrogen) atoms. The first-order valence-electron chi connectivity index (χ1n) is 7.85. The van der Waals surface area contributed by atoms with Crippen LogP contribution in [0.1, 0.15) is 32.3 Å². The molecule has 1 unspecified atom stereocenters. The molecule has 5 nitrogen and oxygen atoms in total. The van der Waals surface area contributed by atoms with Crippen LogP contribution in [0.3, 0.4) is 0 Å². The van der Waals surface area contributed by atoms with E-state index >= 15 is 0 Å². The summed E-state index contributed by atoms with van der Waals surface area (Å²) in [6, 6.07) is 7.19. The molecule has 0 bridgehead atoms. The summed E-state index contributed by atoms with van der Waals surface area (Å²) >= 11 is 0. The maximum atomic E-state index is 11.9. The molecule has 0 aromatic heterocycles. The second-order valence-corrected chi connectivity index (χ2v) is 5.97. The van der Waals surface area contributed by atoms with Gasteiger partial charge in [-0.15, -0.1) is 0 Å². The molecule has 0 radical (unpaired) electrons. The molecule has 2 rings (SSSR count). The molecule has 1 saturated heterocycles. The van der Waals surface area contributed by atoms with Crippen LogP contribution in [0.5, 0.6) is 5.75 Å². The Morgan fingerprint density at radius 3 is 2.86 bits per heavy atom. The van der Waals surface area contributed by atoms with Gasteiger partial charge in [-0.1, -0.05) is 18.2 Å². The zero-order valence-corrected chi connectivity index (χ0v) is 13.3. The predicted octanol–water partition coefficient (Wildman–Crippen LogP) is 2.32.